The summed E-state index contributed by atoms with van der Waals surface area (Å²) in [5.74, 6) is 1.54. The van der Waals surface area contributed by atoms with E-state index in [2.05, 4.69) is 56.2 Å². The highest BCUT2D eigenvalue weighted by Crippen LogP contribution is 2.25. The van der Waals surface area contributed by atoms with Crippen LogP contribution in [0.4, 0.5) is 0 Å². The summed E-state index contributed by atoms with van der Waals surface area (Å²) in [7, 11) is 3.89. The zero-order valence-corrected chi connectivity index (χ0v) is 13.0. The van der Waals surface area contributed by atoms with Crippen molar-refractivity contribution in [3.8, 4) is 5.75 Å². The molecule has 3 nitrogen and oxygen atoms in total. The summed E-state index contributed by atoms with van der Waals surface area (Å²) in [5, 5.41) is 3.35. The van der Waals surface area contributed by atoms with E-state index in [0.717, 1.165) is 31.9 Å². The van der Waals surface area contributed by atoms with Gasteiger partial charge in [0.15, 0.2) is 0 Å². The van der Waals surface area contributed by atoms with Crippen LogP contribution in [-0.4, -0.2) is 38.7 Å². The Kier molecular flexibility index (Phi) is 6.89. The van der Waals surface area contributed by atoms with Gasteiger partial charge in [-0.3, -0.25) is 0 Å². The van der Waals surface area contributed by atoms with Crippen molar-refractivity contribution in [2.75, 3.05) is 33.8 Å². The largest absolute Gasteiger partial charge is 0.496 e. The summed E-state index contributed by atoms with van der Waals surface area (Å²) in [5.41, 5.74) is 2.64. The molecule has 0 unspecified atom stereocenters. The summed E-state index contributed by atoms with van der Waals surface area (Å²) < 4.78 is 5.46. The van der Waals surface area contributed by atoms with E-state index in [9.17, 15) is 0 Å². The van der Waals surface area contributed by atoms with Crippen molar-refractivity contribution in [2.45, 2.75) is 33.2 Å². The number of nitrogens with zero attached hydrogens (tertiary/aromatic N) is 1. The van der Waals surface area contributed by atoms with E-state index >= 15 is 0 Å². The fraction of sp³-hybridized carbons (Fsp3) is 0.625. The average molecular weight is 264 g/mol. The molecule has 0 fully saturated rings. The van der Waals surface area contributed by atoms with Crippen molar-refractivity contribution in [1.82, 2.24) is 10.2 Å². The zero-order chi connectivity index (χ0) is 14.3. The fourth-order valence-electron chi connectivity index (χ4n) is 2.10. The van der Waals surface area contributed by atoms with Crippen molar-refractivity contribution in [1.29, 1.82) is 0 Å². The molecule has 0 aliphatic carbocycles. The molecule has 1 aromatic carbocycles. The van der Waals surface area contributed by atoms with Gasteiger partial charge in [0.2, 0.25) is 0 Å². The molecule has 0 atom stereocenters. The third-order valence-corrected chi connectivity index (χ3v) is 3.33. The highest BCUT2D eigenvalue weighted by atomic mass is 16.5. The molecule has 0 aliphatic rings. The molecule has 0 aromatic heterocycles. The zero-order valence-electron chi connectivity index (χ0n) is 13.0. The number of ether oxygens (including phenoxy) is 1. The number of methoxy groups -OCH3 is 1. The Balaban J connectivity index is 2.71. The second kappa shape index (κ2) is 8.18. The van der Waals surface area contributed by atoms with Crippen molar-refractivity contribution >= 4 is 0 Å². The van der Waals surface area contributed by atoms with Crippen molar-refractivity contribution in [3.05, 3.63) is 29.3 Å². The van der Waals surface area contributed by atoms with Crippen LogP contribution in [0.5, 0.6) is 5.75 Å². The van der Waals surface area contributed by atoms with Crippen molar-refractivity contribution in [2.24, 2.45) is 0 Å². The van der Waals surface area contributed by atoms with E-state index in [1.165, 1.54) is 11.1 Å². The predicted octanol–water partition coefficient (Wildman–Crippen LogP) is 2.86. The van der Waals surface area contributed by atoms with Crippen LogP contribution in [0.2, 0.25) is 0 Å². The summed E-state index contributed by atoms with van der Waals surface area (Å²) in [6, 6.07) is 6.52. The van der Waals surface area contributed by atoms with Gasteiger partial charge in [0.05, 0.1) is 7.11 Å². The monoisotopic (exact) mass is 264 g/mol. The molecule has 0 spiro atoms. The van der Waals surface area contributed by atoms with Gasteiger partial charge >= 0.3 is 0 Å². The molecule has 0 amide bonds. The average Bonchev–Trinajstić information content (AvgIpc) is 2.38. The minimum absolute atomic E-state index is 0.553. The van der Waals surface area contributed by atoms with Gasteiger partial charge in [-0.05, 0) is 31.1 Å². The lowest BCUT2D eigenvalue weighted by Gasteiger charge is -2.20. The lowest BCUT2D eigenvalue weighted by molar-refractivity contribution is 0.316. The van der Waals surface area contributed by atoms with E-state index in [1.54, 1.807) is 7.11 Å². The molecule has 108 valence electrons. The highest BCUT2D eigenvalue weighted by molar-refractivity contribution is 5.38. The number of nitrogens with one attached hydrogen (secondary N) is 1. The minimum atomic E-state index is 0.553. The second-order valence-corrected chi connectivity index (χ2v) is 5.32. The number of likely N-dealkylation sites (N-methyl/N-ethyl adjacent to an activating group) is 2. The lowest BCUT2D eigenvalue weighted by atomic mass is 10.00. The highest BCUT2D eigenvalue weighted by Gasteiger charge is 2.09. The lowest BCUT2D eigenvalue weighted by Crippen LogP contribution is -2.28. The van der Waals surface area contributed by atoms with Crippen LogP contribution in [0.25, 0.3) is 0 Å². The molecule has 3 heteroatoms. The fourth-order valence-corrected chi connectivity index (χ4v) is 2.10. The van der Waals surface area contributed by atoms with E-state index in [0.29, 0.717) is 5.92 Å². The van der Waals surface area contributed by atoms with Crippen molar-refractivity contribution < 1.29 is 4.74 Å². The van der Waals surface area contributed by atoms with Crippen LogP contribution in [0, 0.1) is 0 Å². The van der Waals surface area contributed by atoms with Gasteiger partial charge in [0, 0.05) is 25.2 Å². The van der Waals surface area contributed by atoms with Gasteiger partial charge < -0.3 is 15.0 Å². The summed E-state index contributed by atoms with van der Waals surface area (Å²) in [4.78, 5) is 2.32. The molecular weight excluding hydrogens is 236 g/mol. The minimum Gasteiger partial charge on any atom is -0.496 e. The van der Waals surface area contributed by atoms with Gasteiger partial charge in [-0.25, -0.2) is 0 Å². The standard InChI is InChI=1S/C16H28N2O/c1-6-17-9-10-18(4)12-15-11-14(13(2)3)7-8-16(15)19-5/h7-8,11,13,17H,6,9-10,12H2,1-5H3. The first-order valence-electron chi connectivity index (χ1n) is 7.14. The number of benzene rings is 1. The van der Waals surface area contributed by atoms with Gasteiger partial charge in [-0.2, -0.15) is 0 Å². The Hall–Kier alpha value is -1.06. The number of rotatable bonds is 8. The van der Waals surface area contributed by atoms with Crippen LogP contribution < -0.4 is 10.1 Å². The van der Waals surface area contributed by atoms with Crippen molar-refractivity contribution in [3.63, 3.8) is 0 Å². The molecule has 1 N–H and O–H groups in total. The van der Waals surface area contributed by atoms with Crippen LogP contribution in [0.1, 0.15) is 37.8 Å². The Morgan fingerprint density at radius 3 is 2.63 bits per heavy atom. The molecule has 1 aromatic rings. The second-order valence-electron chi connectivity index (χ2n) is 5.32. The first kappa shape index (κ1) is 16.0. The summed E-state index contributed by atoms with van der Waals surface area (Å²) in [6.45, 7) is 10.6. The maximum absolute atomic E-state index is 5.46. The Morgan fingerprint density at radius 2 is 2.05 bits per heavy atom. The van der Waals surface area contributed by atoms with Gasteiger partial charge in [0.25, 0.3) is 0 Å². The third-order valence-electron chi connectivity index (χ3n) is 3.33. The van der Waals surface area contributed by atoms with Gasteiger partial charge in [-0.15, -0.1) is 0 Å². The molecule has 0 bridgehead atoms. The van der Waals surface area contributed by atoms with Crippen LogP contribution >= 0.6 is 0 Å². The molecule has 0 heterocycles. The van der Waals surface area contributed by atoms with E-state index in [4.69, 9.17) is 4.74 Å². The van der Waals surface area contributed by atoms with Crippen LogP contribution in [0.15, 0.2) is 18.2 Å². The predicted molar refractivity (Wildman–Crippen MR) is 82.0 cm³/mol. The quantitative estimate of drug-likeness (QED) is 0.731. The normalized spacial score (nSPS) is 11.3. The molecule has 0 aliphatic heterocycles. The smallest absolute Gasteiger partial charge is 0.123 e. The van der Waals surface area contributed by atoms with E-state index in [-0.39, 0.29) is 0 Å². The van der Waals surface area contributed by atoms with Crippen LogP contribution in [0.3, 0.4) is 0 Å². The summed E-state index contributed by atoms with van der Waals surface area (Å²) >= 11 is 0. The topological polar surface area (TPSA) is 24.5 Å². The Bertz CT molecular complexity index is 377. The third kappa shape index (κ3) is 5.21. The molecular formula is C16H28N2O. The SMILES string of the molecule is CCNCCN(C)Cc1cc(C(C)C)ccc1OC. The van der Waals surface area contributed by atoms with Crippen LogP contribution in [-0.2, 0) is 6.54 Å². The summed E-state index contributed by atoms with van der Waals surface area (Å²) in [6.07, 6.45) is 0. The molecule has 0 radical (unpaired) electrons. The first-order chi connectivity index (χ1) is 9.08. The molecule has 1 rings (SSSR count). The van der Waals surface area contributed by atoms with E-state index in [1.807, 2.05) is 0 Å². The first-order valence-corrected chi connectivity index (χ1v) is 7.14. The van der Waals surface area contributed by atoms with Gasteiger partial charge in [-0.1, -0.05) is 32.9 Å². The molecule has 0 saturated heterocycles. The Labute approximate surface area is 118 Å². The number of hydrogen-bond donors (Lipinski definition) is 1. The van der Waals surface area contributed by atoms with E-state index < -0.39 is 0 Å². The van der Waals surface area contributed by atoms with Gasteiger partial charge in [0.1, 0.15) is 5.75 Å². The maximum Gasteiger partial charge on any atom is 0.123 e. The maximum atomic E-state index is 5.46. The molecule has 0 saturated carbocycles. The molecule has 19 heavy (non-hydrogen) atoms. The Morgan fingerprint density at radius 1 is 1.32 bits per heavy atom. The number of hydrogen-bond acceptors (Lipinski definition) is 3.